The number of rotatable bonds is 2. The second-order valence-corrected chi connectivity index (χ2v) is 5.42. The van der Waals surface area contributed by atoms with Crippen molar-refractivity contribution in [3.63, 3.8) is 0 Å². The lowest BCUT2D eigenvalue weighted by molar-refractivity contribution is 0.0993. The van der Waals surface area contributed by atoms with E-state index in [1.54, 1.807) is 49.5 Å². The van der Waals surface area contributed by atoms with Crippen molar-refractivity contribution < 1.29 is 4.79 Å². The van der Waals surface area contributed by atoms with Crippen LogP contribution in [0.2, 0.25) is 5.02 Å². The molecule has 5 heteroatoms. The summed E-state index contributed by atoms with van der Waals surface area (Å²) >= 11 is 9.28. The highest BCUT2D eigenvalue weighted by atomic mass is 79.9. The van der Waals surface area contributed by atoms with E-state index in [4.69, 9.17) is 16.9 Å². The standard InChI is InChI=1S/C15H10BrClN2O/c1-19(12-4-2-3-10(7-12)9-18)15(20)11-5-6-13(16)14(17)8-11/h2-8H,1H3. The number of halogens is 2. The summed E-state index contributed by atoms with van der Waals surface area (Å²) in [5.41, 5.74) is 1.66. The fraction of sp³-hybridized carbons (Fsp3) is 0.0667. The van der Waals surface area contributed by atoms with Crippen molar-refractivity contribution in [2.45, 2.75) is 0 Å². The fourth-order valence-electron chi connectivity index (χ4n) is 1.72. The van der Waals surface area contributed by atoms with Gasteiger partial charge in [-0.3, -0.25) is 4.79 Å². The molecule has 0 N–H and O–H groups in total. The Hall–Kier alpha value is -1.83. The Morgan fingerprint density at radius 1 is 1.30 bits per heavy atom. The Kier molecular flexibility index (Phi) is 4.43. The van der Waals surface area contributed by atoms with E-state index in [1.165, 1.54) is 4.90 Å². The van der Waals surface area contributed by atoms with E-state index in [9.17, 15) is 4.79 Å². The average Bonchev–Trinajstić information content (AvgIpc) is 2.48. The van der Waals surface area contributed by atoms with Gasteiger partial charge in [-0.25, -0.2) is 0 Å². The number of nitriles is 1. The molecule has 2 rings (SSSR count). The van der Waals surface area contributed by atoms with Gasteiger partial charge in [0, 0.05) is 22.8 Å². The van der Waals surface area contributed by atoms with Gasteiger partial charge in [-0.2, -0.15) is 5.26 Å². The van der Waals surface area contributed by atoms with Crippen LogP contribution < -0.4 is 4.90 Å². The summed E-state index contributed by atoms with van der Waals surface area (Å²) in [6.07, 6.45) is 0. The molecule has 0 fully saturated rings. The molecule has 3 nitrogen and oxygen atoms in total. The van der Waals surface area contributed by atoms with Gasteiger partial charge in [0.15, 0.2) is 0 Å². The molecular formula is C15H10BrClN2O. The zero-order valence-electron chi connectivity index (χ0n) is 10.6. The Balaban J connectivity index is 2.32. The summed E-state index contributed by atoms with van der Waals surface area (Å²) in [6, 6.07) is 14.0. The molecule has 0 atom stereocenters. The SMILES string of the molecule is CN(C(=O)c1ccc(Br)c(Cl)c1)c1cccc(C#N)c1. The van der Waals surface area contributed by atoms with Gasteiger partial charge < -0.3 is 4.90 Å². The van der Waals surface area contributed by atoms with E-state index in [0.29, 0.717) is 21.8 Å². The number of hydrogen-bond donors (Lipinski definition) is 0. The number of nitrogens with zero attached hydrogens (tertiary/aromatic N) is 2. The van der Waals surface area contributed by atoms with E-state index in [-0.39, 0.29) is 5.91 Å². The first kappa shape index (κ1) is 14.6. The molecule has 0 aliphatic carbocycles. The molecule has 2 aromatic rings. The third-order valence-corrected chi connectivity index (χ3v) is 4.07. The first-order valence-corrected chi connectivity index (χ1v) is 6.93. The summed E-state index contributed by atoms with van der Waals surface area (Å²) in [4.78, 5) is 13.9. The van der Waals surface area contributed by atoms with Crippen molar-refractivity contribution in [2.24, 2.45) is 0 Å². The molecule has 0 aromatic heterocycles. The molecule has 0 heterocycles. The number of carbonyl (C=O) groups is 1. The maximum Gasteiger partial charge on any atom is 0.258 e. The quantitative estimate of drug-likeness (QED) is 0.813. The van der Waals surface area contributed by atoms with Gasteiger partial charge in [-0.1, -0.05) is 17.7 Å². The number of carbonyl (C=O) groups excluding carboxylic acids is 1. The zero-order chi connectivity index (χ0) is 14.7. The van der Waals surface area contributed by atoms with Crippen LogP contribution in [-0.4, -0.2) is 13.0 Å². The molecule has 100 valence electrons. The average molecular weight is 350 g/mol. The number of amides is 1. The molecule has 2 aromatic carbocycles. The lowest BCUT2D eigenvalue weighted by Crippen LogP contribution is -2.26. The fourth-order valence-corrected chi connectivity index (χ4v) is 2.15. The largest absolute Gasteiger partial charge is 0.311 e. The lowest BCUT2D eigenvalue weighted by atomic mass is 10.1. The van der Waals surface area contributed by atoms with Crippen LogP contribution in [0.15, 0.2) is 46.9 Å². The molecule has 0 bridgehead atoms. The summed E-state index contributed by atoms with van der Waals surface area (Å²) < 4.78 is 0.741. The number of benzene rings is 2. The second kappa shape index (κ2) is 6.08. The van der Waals surface area contributed by atoms with Gasteiger partial charge in [0.1, 0.15) is 0 Å². The predicted molar refractivity (Wildman–Crippen MR) is 83.0 cm³/mol. The third-order valence-electron chi connectivity index (χ3n) is 2.83. The van der Waals surface area contributed by atoms with Crippen LogP contribution in [0.5, 0.6) is 0 Å². The van der Waals surface area contributed by atoms with Crippen molar-refractivity contribution in [3.05, 3.63) is 63.1 Å². The Morgan fingerprint density at radius 3 is 2.70 bits per heavy atom. The molecular weight excluding hydrogens is 340 g/mol. The third kappa shape index (κ3) is 3.01. The maximum absolute atomic E-state index is 12.4. The van der Waals surface area contributed by atoms with E-state index < -0.39 is 0 Å². The minimum Gasteiger partial charge on any atom is -0.311 e. The van der Waals surface area contributed by atoms with Crippen LogP contribution in [0.3, 0.4) is 0 Å². The van der Waals surface area contributed by atoms with Gasteiger partial charge in [-0.15, -0.1) is 0 Å². The first-order valence-electron chi connectivity index (χ1n) is 5.76. The topological polar surface area (TPSA) is 44.1 Å². The Morgan fingerprint density at radius 2 is 2.05 bits per heavy atom. The van der Waals surface area contributed by atoms with E-state index in [0.717, 1.165) is 4.47 Å². The first-order chi connectivity index (χ1) is 9.52. The van der Waals surface area contributed by atoms with Gasteiger partial charge in [-0.05, 0) is 52.3 Å². The number of anilines is 1. The van der Waals surface area contributed by atoms with Crippen LogP contribution in [-0.2, 0) is 0 Å². The summed E-state index contributed by atoms with van der Waals surface area (Å²) in [5, 5.41) is 9.37. The summed E-state index contributed by atoms with van der Waals surface area (Å²) in [5.74, 6) is -0.186. The van der Waals surface area contributed by atoms with Crippen molar-refractivity contribution in [3.8, 4) is 6.07 Å². The molecule has 0 saturated heterocycles. The molecule has 0 aliphatic rings. The molecule has 20 heavy (non-hydrogen) atoms. The van der Waals surface area contributed by atoms with Crippen LogP contribution in [0.1, 0.15) is 15.9 Å². The van der Waals surface area contributed by atoms with Crippen molar-refractivity contribution >= 4 is 39.1 Å². The van der Waals surface area contributed by atoms with Crippen molar-refractivity contribution in [1.82, 2.24) is 0 Å². The minimum absolute atomic E-state index is 0.186. The van der Waals surface area contributed by atoms with Crippen LogP contribution >= 0.6 is 27.5 Å². The van der Waals surface area contributed by atoms with Crippen LogP contribution in [0.4, 0.5) is 5.69 Å². The Bertz CT molecular complexity index is 709. The van der Waals surface area contributed by atoms with Gasteiger partial charge in [0.25, 0.3) is 5.91 Å². The zero-order valence-corrected chi connectivity index (χ0v) is 12.9. The van der Waals surface area contributed by atoms with Crippen molar-refractivity contribution in [1.29, 1.82) is 5.26 Å². The Labute approximate surface area is 130 Å². The molecule has 0 unspecified atom stereocenters. The second-order valence-electron chi connectivity index (χ2n) is 4.16. The maximum atomic E-state index is 12.4. The highest BCUT2D eigenvalue weighted by Gasteiger charge is 2.14. The lowest BCUT2D eigenvalue weighted by Gasteiger charge is -2.17. The van der Waals surface area contributed by atoms with Crippen molar-refractivity contribution in [2.75, 3.05) is 11.9 Å². The predicted octanol–water partition coefficient (Wildman–Crippen LogP) is 4.25. The highest BCUT2D eigenvalue weighted by Crippen LogP contribution is 2.25. The monoisotopic (exact) mass is 348 g/mol. The van der Waals surface area contributed by atoms with E-state index in [2.05, 4.69) is 22.0 Å². The van der Waals surface area contributed by atoms with Crippen LogP contribution in [0.25, 0.3) is 0 Å². The summed E-state index contributed by atoms with van der Waals surface area (Å²) in [6.45, 7) is 0. The molecule has 0 saturated carbocycles. The van der Waals surface area contributed by atoms with Gasteiger partial charge in [0.2, 0.25) is 0 Å². The van der Waals surface area contributed by atoms with Crippen LogP contribution in [0, 0.1) is 11.3 Å². The highest BCUT2D eigenvalue weighted by molar-refractivity contribution is 9.10. The molecule has 0 spiro atoms. The normalized spacial score (nSPS) is 9.90. The minimum atomic E-state index is -0.186. The van der Waals surface area contributed by atoms with E-state index in [1.807, 2.05) is 0 Å². The molecule has 0 aliphatic heterocycles. The van der Waals surface area contributed by atoms with Gasteiger partial charge in [0.05, 0.1) is 16.7 Å². The smallest absolute Gasteiger partial charge is 0.258 e. The van der Waals surface area contributed by atoms with Gasteiger partial charge >= 0.3 is 0 Å². The molecule has 0 radical (unpaired) electrons. The number of hydrogen-bond acceptors (Lipinski definition) is 2. The van der Waals surface area contributed by atoms with E-state index >= 15 is 0 Å². The summed E-state index contributed by atoms with van der Waals surface area (Å²) in [7, 11) is 1.66. The molecule has 1 amide bonds.